The van der Waals surface area contributed by atoms with Gasteiger partial charge in [-0.2, -0.15) is 0 Å². The molecule has 0 saturated carbocycles. The first-order valence-corrected chi connectivity index (χ1v) is 8.08. The third kappa shape index (κ3) is 4.00. The molecular formula is C18H21NO6. The van der Waals surface area contributed by atoms with Crippen LogP contribution >= 0.6 is 0 Å². The van der Waals surface area contributed by atoms with Gasteiger partial charge in [0.2, 0.25) is 5.91 Å². The third-order valence-corrected chi connectivity index (χ3v) is 4.14. The Morgan fingerprint density at radius 2 is 2.16 bits per heavy atom. The van der Waals surface area contributed by atoms with Crippen molar-refractivity contribution >= 4 is 5.91 Å². The van der Waals surface area contributed by atoms with Crippen molar-refractivity contribution in [2.75, 3.05) is 13.2 Å². The monoisotopic (exact) mass is 347 g/mol. The SMILES string of the molecule is C#CCO[C@@H]1O[C@@H]2CO[C@H](c3ccccc3)O[C@H]2[C@H](O)[C@@H]1NC(C)=O. The molecule has 0 bridgehead atoms. The standard InChI is InChI=1S/C18H21NO6/c1-3-9-22-18-14(19-11(2)20)15(21)16-13(24-18)10-23-17(25-16)12-7-5-4-6-8-12/h1,4-8,13-18,21H,9-10H2,2H3,(H,19,20)/t13-,14+,15-,16-,17+,18-/m1/s1. The van der Waals surface area contributed by atoms with Gasteiger partial charge in [0, 0.05) is 12.5 Å². The van der Waals surface area contributed by atoms with Crippen molar-refractivity contribution in [2.24, 2.45) is 0 Å². The molecule has 2 fully saturated rings. The van der Waals surface area contributed by atoms with Gasteiger partial charge in [-0.05, 0) is 0 Å². The Balaban J connectivity index is 1.75. The molecule has 134 valence electrons. The molecule has 7 nitrogen and oxygen atoms in total. The molecule has 1 aromatic rings. The second-order valence-corrected chi connectivity index (χ2v) is 5.95. The molecule has 1 amide bonds. The fourth-order valence-corrected chi connectivity index (χ4v) is 3.03. The number of rotatable bonds is 4. The number of hydrogen-bond donors (Lipinski definition) is 2. The Hall–Kier alpha value is -1.95. The summed E-state index contributed by atoms with van der Waals surface area (Å²) in [6.45, 7) is 1.58. The molecule has 2 N–H and O–H groups in total. The maximum absolute atomic E-state index is 11.5. The quantitative estimate of drug-likeness (QED) is 0.764. The van der Waals surface area contributed by atoms with Crippen molar-refractivity contribution in [1.82, 2.24) is 5.32 Å². The lowest BCUT2D eigenvalue weighted by Gasteiger charge is -2.47. The molecule has 6 atom stereocenters. The lowest BCUT2D eigenvalue weighted by molar-refractivity contribution is -0.342. The van der Waals surface area contributed by atoms with E-state index in [1.54, 1.807) is 0 Å². The van der Waals surface area contributed by atoms with Crippen LogP contribution in [0.1, 0.15) is 18.8 Å². The average Bonchev–Trinajstić information content (AvgIpc) is 2.63. The zero-order valence-corrected chi connectivity index (χ0v) is 13.8. The minimum Gasteiger partial charge on any atom is -0.388 e. The predicted molar refractivity (Wildman–Crippen MR) is 87.1 cm³/mol. The number of fused-ring (bicyclic) bond motifs is 1. The molecule has 0 aliphatic carbocycles. The van der Waals surface area contributed by atoms with Gasteiger partial charge >= 0.3 is 0 Å². The number of amides is 1. The van der Waals surface area contributed by atoms with Crippen molar-refractivity contribution in [2.45, 2.75) is 43.9 Å². The Labute approximate surface area is 146 Å². The maximum Gasteiger partial charge on any atom is 0.217 e. The summed E-state index contributed by atoms with van der Waals surface area (Å²) in [5.74, 6) is 2.03. The summed E-state index contributed by atoms with van der Waals surface area (Å²) in [4.78, 5) is 11.5. The molecule has 0 aromatic heterocycles. The molecule has 7 heteroatoms. The maximum atomic E-state index is 11.5. The fraction of sp³-hybridized carbons (Fsp3) is 0.500. The summed E-state index contributed by atoms with van der Waals surface area (Å²) < 4.78 is 22.9. The van der Waals surface area contributed by atoms with Gasteiger partial charge < -0.3 is 29.4 Å². The smallest absolute Gasteiger partial charge is 0.217 e. The first-order valence-electron chi connectivity index (χ1n) is 8.08. The summed E-state index contributed by atoms with van der Waals surface area (Å²) >= 11 is 0. The molecule has 2 heterocycles. The minimum absolute atomic E-state index is 0.000781. The Morgan fingerprint density at radius 3 is 2.84 bits per heavy atom. The summed E-state index contributed by atoms with van der Waals surface area (Å²) in [6.07, 6.45) is 1.51. The van der Waals surface area contributed by atoms with E-state index in [0.29, 0.717) is 0 Å². The highest BCUT2D eigenvalue weighted by atomic mass is 16.7. The van der Waals surface area contributed by atoms with Crippen molar-refractivity contribution in [3.63, 3.8) is 0 Å². The minimum atomic E-state index is -1.03. The van der Waals surface area contributed by atoms with E-state index < -0.39 is 36.9 Å². The van der Waals surface area contributed by atoms with Crippen LogP contribution in [0.15, 0.2) is 30.3 Å². The van der Waals surface area contributed by atoms with Crippen LogP contribution in [-0.4, -0.2) is 54.9 Å². The van der Waals surface area contributed by atoms with Crippen LogP contribution in [0.25, 0.3) is 0 Å². The van der Waals surface area contributed by atoms with Gasteiger partial charge in [-0.1, -0.05) is 36.3 Å². The number of aliphatic hydroxyl groups excluding tert-OH is 1. The van der Waals surface area contributed by atoms with Crippen LogP contribution in [-0.2, 0) is 23.7 Å². The van der Waals surface area contributed by atoms with Gasteiger partial charge in [0.25, 0.3) is 0 Å². The topological polar surface area (TPSA) is 86.2 Å². The molecule has 2 saturated heterocycles. The molecule has 1 aromatic carbocycles. The van der Waals surface area contributed by atoms with Crippen molar-refractivity contribution in [3.05, 3.63) is 35.9 Å². The molecule has 2 aliphatic heterocycles. The summed E-state index contributed by atoms with van der Waals surface area (Å²) in [5, 5.41) is 13.4. The number of hydrogen-bond acceptors (Lipinski definition) is 6. The van der Waals surface area contributed by atoms with Crippen LogP contribution in [0, 0.1) is 12.3 Å². The van der Waals surface area contributed by atoms with Crippen molar-refractivity contribution in [1.29, 1.82) is 0 Å². The van der Waals surface area contributed by atoms with Crippen molar-refractivity contribution < 1.29 is 28.8 Å². The first kappa shape index (κ1) is 17.9. The number of benzene rings is 1. The van der Waals surface area contributed by atoms with Crippen molar-refractivity contribution in [3.8, 4) is 12.3 Å². The van der Waals surface area contributed by atoms with E-state index in [9.17, 15) is 9.90 Å². The number of carbonyl (C=O) groups excluding carboxylic acids is 1. The van der Waals surface area contributed by atoms with E-state index in [1.807, 2.05) is 30.3 Å². The number of ether oxygens (including phenoxy) is 4. The lowest BCUT2D eigenvalue weighted by atomic mass is 9.95. The average molecular weight is 347 g/mol. The number of aliphatic hydroxyl groups is 1. The third-order valence-electron chi connectivity index (χ3n) is 4.14. The van der Waals surface area contributed by atoms with Gasteiger partial charge in [0.1, 0.15) is 31.0 Å². The van der Waals surface area contributed by atoms with E-state index >= 15 is 0 Å². The molecule has 2 aliphatic rings. The molecule has 25 heavy (non-hydrogen) atoms. The summed E-state index contributed by atoms with van der Waals surface area (Å²) in [7, 11) is 0. The van der Waals surface area contributed by atoms with Crippen LogP contribution in [0.3, 0.4) is 0 Å². The summed E-state index contributed by atoms with van der Waals surface area (Å²) in [6, 6.07) is 8.63. The van der Waals surface area contributed by atoms with Gasteiger partial charge in [0.05, 0.1) is 6.61 Å². The van der Waals surface area contributed by atoms with Crippen LogP contribution < -0.4 is 5.32 Å². The van der Waals surface area contributed by atoms with E-state index in [2.05, 4.69) is 11.2 Å². The number of carbonyl (C=O) groups is 1. The second kappa shape index (κ2) is 7.95. The van der Waals surface area contributed by atoms with Crippen LogP contribution in [0.5, 0.6) is 0 Å². The Morgan fingerprint density at radius 1 is 1.40 bits per heavy atom. The highest BCUT2D eigenvalue weighted by molar-refractivity contribution is 5.73. The van der Waals surface area contributed by atoms with E-state index in [0.717, 1.165) is 5.56 Å². The van der Waals surface area contributed by atoms with Crippen LogP contribution in [0.2, 0.25) is 0 Å². The Kier molecular flexibility index (Phi) is 5.68. The Bertz CT molecular complexity index is 630. The van der Waals surface area contributed by atoms with E-state index in [-0.39, 0.29) is 19.1 Å². The highest BCUT2D eigenvalue weighted by Crippen LogP contribution is 2.34. The predicted octanol–water partition coefficient (Wildman–Crippen LogP) is 0.341. The molecule has 0 unspecified atom stereocenters. The summed E-state index contributed by atoms with van der Waals surface area (Å²) in [5.41, 5.74) is 0.843. The van der Waals surface area contributed by atoms with Gasteiger partial charge in [-0.25, -0.2) is 0 Å². The van der Waals surface area contributed by atoms with E-state index in [1.165, 1.54) is 6.92 Å². The molecule has 0 spiro atoms. The normalized spacial score (nSPS) is 34.6. The largest absolute Gasteiger partial charge is 0.388 e. The lowest BCUT2D eigenvalue weighted by Crippen LogP contribution is -2.66. The zero-order valence-electron chi connectivity index (χ0n) is 13.8. The van der Waals surface area contributed by atoms with Gasteiger partial charge in [-0.3, -0.25) is 4.79 Å². The second-order valence-electron chi connectivity index (χ2n) is 5.95. The number of terminal acetylenes is 1. The molecular weight excluding hydrogens is 326 g/mol. The van der Waals surface area contributed by atoms with Crippen LogP contribution in [0.4, 0.5) is 0 Å². The molecule has 3 rings (SSSR count). The zero-order chi connectivity index (χ0) is 17.8. The first-order chi connectivity index (χ1) is 12.1. The highest BCUT2D eigenvalue weighted by Gasteiger charge is 2.50. The van der Waals surface area contributed by atoms with Gasteiger partial charge in [-0.15, -0.1) is 6.42 Å². The fourth-order valence-electron chi connectivity index (χ4n) is 3.03. The molecule has 0 radical (unpaired) electrons. The van der Waals surface area contributed by atoms with E-state index in [4.69, 9.17) is 25.4 Å². The van der Waals surface area contributed by atoms with Gasteiger partial charge in [0.15, 0.2) is 12.6 Å². The number of nitrogens with one attached hydrogen (secondary N) is 1.